The van der Waals surface area contributed by atoms with Gasteiger partial charge in [-0.25, -0.2) is 0 Å². The molecule has 21 heavy (non-hydrogen) atoms. The van der Waals surface area contributed by atoms with E-state index in [2.05, 4.69) is 26.6 Å². The van der Waals surface area contributed by atoms with Crippen LogP contribution in [0.25, 0.3) is 0 Å². The summed E-state index contributed by atoms with van der Waals surface area (Å²) in [6.45, 7) is 2.38. The van der Waals surface area contributed by atoms with Crippen molar-refractivity contribution in [3.05, 3.63) is 64.1 Å². The quantitative estimate of drug-likeness (QED) is 0.890. The van der Waals surface area contributed by atoms with Gasteiger partial charge in [0.25, 0.3) is 11.8 Å². The maximum Gasteiger partial charge on any atom is 0.255 e. The van der Waals surface area contributed by atoms with Crippen molar-refractivity contribution in [1.82, 2.24) is 5.32 Å². The predicted molar refractivity (Wildman–Crippen MR) is 86.5 cm³/mol. The van der Waals surface area contributed by atoms with E-state index in [0.717, 1.165) is 4.47 Å². The van der Waals surface area contributed by atoms with E-state index in [4.69, 9.17) is 0 Å². The summed E-state index contributed by atoms with van der Waals surface area (Å²) in [5.41, 5.74) is 1.48. The Kier molecular flexibility index (Phi) is 5.11. The van der Waals surface area contributed by atoms with E-state index in [1.54, 1.807) is 48.5 Å². The summed E-state index contributed by atoms with van der Waals surface area (Å²) in [5.74, 6) is -0.455. The molecule has 5 heteroatoms. The zero-order valence-corrected chi connectivity index (χ0v) is 13.1. The number of amides is 2. The fourth-order valence-electron chi connectivity index (χ4n) is 1.84. The molecule has 4 nitrogen and oxygen atoms in total. The third-order valence-corrected chi connectivity index (χ3v) is 3.39. The smallest absolute Gasteiger partial charge is 0.255 e. The predicted octanol–water partition coefficient (Wildman–Crippen LogP) is 3.45. The van der Waals surface area contributed by atoms with E-state index in [-0.39, 0.29) is 11.8 Å². The van der Waals surface area contributed by atoms with Crippen LogP contribution < -0.4 is 10.6 Å². The second-order valence-corrected chi connectivity index (χ2v) is 5.28. The molecule has 0 aliphatic rings. The van der Waals surface area contributed by atoms with Crippen molar-refractivity contribution in [2.24, 2.45) is 0 Å². The molecule has 2 amide bonds. The largest absolute Gasteiger partial charge is 0.352 e. The number of carbonyl (C=O) groups excluding carboxylic acids is 2. The molecule has 2 N–H and O–H groups in total. The summed E-state index contributed by atoms with van der Waals surface area (Å²) < 4.78 is 0.904. The molecule has 0 saturated carbocycles. The molecule has 2 rings (SSSR count). The molecule has 0 saturated heterocycles. The zero-order chi connectivity index (χ0) is 15.2. The molecule has 0 unspecified atom stereocenters. The van der Waals surface area contributed by atoms with E-state index in [1.807, 2.05) is 6.92 Å². The topological polar surface area (TPSA) is 58.2 Å². The summed E-state index contributed by atoms with van der Waals surface area (Å²) in [7, 11) is 0. The lowest BCUT2D eigenvalue weighted by atomic mass is 10.1. The summed E-state index contributed by atoms with van der Waals surface area (Å²) in [4.78, 5) is 24.2. The number of halogens is 1. The van der Waals surface area contributed by atoms with Crippen LogP contribution in [0.3, 0.4) is 0 Å². The molecule has 0 heterocycles. The Morgan fingerprint density at radius 1 is 1.00 bits per heavy atom. The third-order valence-electron chi connectivity index (χ3n) is 2.86. The van der Waals surface area contributed by atoms with Crippen LogP contribution in [-0.2, 0) is 0 Å². The zero-order valence-electron chi connectivity index (χ0n) is 11.5. The first-order valence-electron chi connectivity index (χ1n) is 6.56. The van der Waals surface area contributed by atoms with Gasteiger partial charge in [-0.15, -0.1) is 0 Å². The van der Waals surface area contributed by atoms with Crippen LogP contribution in [0.15, 0.2) is 53.0 Å². The first-order chi connectivity index (χ1) is 10.1. The van der Waals surface area contributed by atoms with Crippen LogP contribution >= 0.6 is 15.9 Å². The van der Waals surface area contributed by atoms with Crippen LogP contribution in [-0.4, -0.2) is 18.4 Å². The number of anilines is 1. The highest BCUT2D eigenvalue weighted by Gasteiger charge is 2.13. The summed E-state index contributed by atoms with van der Waals surface area (Å²) >= 11 is 3.32. The van der Waals surface area contributed by atoms with Gasteiger partial charge in [0.15, 0.2) is 0 Å². The second-order valence-electron chi connectivity index (χ2n) is 4.37. The van der Waals surface area contributed by atoms with Crippen LogP contribution in [0, 0.1) is 0 Å². The van der Waals surface area contributed by atoms with Gasteiger partial charge < -0.3 is 10.6 Å². The van der Waals surface area contributed by atoms with Gasteiger partial charge >= 0.3 is 0 Å². The highest BCUT2D eigenvalue weighted by atomic mass is 79.9. The maximum absolute atomic E-state index is 12.2. The summed E-state index contributed by atoms with van der Waals surface area (Å²) in [5, 5.41) is 5.50. The van der Waals surface area contributed by atoms with Crippen molar-refractivity contribution < 1.29 is 9.59 Å². The van der Waals surface area contributed by atoms with Gasteiger partial charge in [0.2, 0.25) is 0 Å². The van der Waals surface area contributed by atoms with E-state index < -0.39 is 0 Å². The van der Waals surface area contributed by atoms with Gasteiger partial charge in [-0.05, 0) is 43.3 Å². The molecule has 0 atom stereocenters. The normalized spacial score (nSPS) is 10.0. The second kappa shape index (κ2) is 7.04. The molecule has 2 aromatic carbocycles. The Balaban J connectivity index is 2.21. The minimum absolute atomic E-state index is 0.204. The summed E-state index contributed by atoms with van der Waals surface area (Å²) in [6.07, 6.45) is 0. The number of hydrogen-bond acceptors (Lipinski definition) is 2. The number of benzene rings is 2. The van der Waals surface area contributed by atoms with E-state index >= 15 is 0 Å². The van der Waals surface area contributed by atoms with Gasteiger partial charge in [-0.1, -0.05) is 28.1 Å². The number of para-hydroxylation sites is 1. The van der Waals surface area contributed by atoms with Gasteiger partial charge in [0, 0.05) is 16.6 Å². The highest BCUT2D eigenvalue weighted by Crippen LogP contribution is 2.17. The Labute approximate surface area is 131 Å². The molecule has 0 fully saturated rings. The first kappa shape index (κ1) is 15.3. The fourth-order valence-corrected chi connectivity index (χ4v) is 2.11. The number of hydrogen-bond donors (Lipinski definition) is 2. The van der Waals surface area contributed by atoms with Crippen molar-refractivity contribution in [3.63, 3.8) is 0 Å². The van der Waals surface area contributed by atoms with Crippen molar-refractivity contribution in [2.75, 3.05) is 11.9 Å². The molecule has 2 aromatic rings. The van der Waals surface area contributed by atoms with Gasteiger partial charge in [-0.2, -0.15) is 0 Å². The maximum atomic E-state index is 12.2. The molecule has 0 spiro atoms. The van der Waals surface area contributed by atoms with E-state index in [9.17, 15) is 9.59 Å². The standard InChI is InChI=1S/C16H15BrN2O2/c1-2-18-16(21)13-5-3-4-6-14(13)19-15(20)11-7-9-12(17)10-8-11/h3-10H,2H2,1H3,(H,18,21)(H,19,20). The summed E-state index contributed by atoms with van der Waals surface area (Å²) in [6, 6.07) is 14.0. The Bertz CT molecular complexity index is 654. The number of rotatable bonds is 4. The molecule has 0 radical (unpaired) electrons. The minimum atomic E-state index is -0.251. The average molecular weight is 347 g/mol. The van der Waals surface area contributed by atoms with Crippen LogP contribution in [0.4, 0.5) is 5.69 Å². The Morgan fingerprint density at radius 3 is 2.33 bits per heavy atom. The van der Waals surface area contributed by atoms with E-state index in [0.29, 0.717) is 23.4 Å². The fraction of sp³-hybridized carbons (Fsp3) is 0.125. The Hall–Kier alpha value is -2.14. The van der Waals surface area contributed by atoms with Crippen LogP contribution in [0.5, 0.6) is 0 Å². The van der Waals surface area contributed by atoms with Crippen molar-refractivity contribution in [1.29, 1.82) is 0 Å². The highest BCUT2D eigenvalue weighted by molar-refractivity contribution is 9.10. The molecule has 108 valence electrons. The van der Waals surface area contributed by atoms with Crippen LogP contribution in [0.2, 0.25) is 0 Å². The number of carbonyl (C=O) groups is 2. The molecular formula is C16H15BrN2O2. The molecule has 0 bridgehead atoms. The van der Waals surface area contributed by atoms with Crippen LogP contribution in [0.1, 0.15) is 27.6 Å². The molecule has 0 aliphatic carbocycles. The van der Waals surface area contributed by atoms with Crippen molar-refractivity contribution in [2.45, 2.75) is 6.92 Å². The van der Waals surface area contributed by atoms with Gasteiger partial charge in [-0.3, -0.25) is 9.59 Å². The SMILES string of the molecule is CCNC(=O)c1ccccc1NC(=O)c1ccc(Br)cc1. The average Bonchev–Trinajstić information content (AvgIpc) is 2.48. The van der Waals surface area contributed by atoms with Gasteiger partial charge in [0.05, 0.1) is 11.3 Å². The van der Waals surface area contributed by atoms with Gasteiger partial charge in [0.1, 0.15) is 0 Å². The lowest BCUT2D eigenvalue weighted by Gasteiger charge is -2.10. The monoisotopic (exact) mass is 346 g/mol. The first-order valence-corrected chi connectivity index (χ1v) is 7.35. The van der Waals surface area contributed by atoms with Crippen molar-refractivity contribution >= 4 is 33.4 Å². The van der Waals surface area contributed by atoms with E-state index in [1.165, 1.54) is 0 Å². The third kappa shape index (κ3) is 3.92. The number of nitrogens with one attached hydrogen (secondary N) is 2. The van der Waals surface area contributed by atoms with Crippen molar-refractivity contribution in [3.8, 4) is 0 Å². The lowest BCUT2D eigenvalue weighted by Crippen LogP contribution is -2.24. The molecule has 0 aromatic heterocycles. The minimum Gasteiger partial charge on any atom is -0.352 e. The Morgan fingerprint density at radius 2 is 1.67 bits per heavy atom. The lowest BCUT2D eigenvalue weighted by molar-refractivity contribution is 0.0956. The molecular weight excluding hydrogens is 332 g/mol. The molecule has 0 aliphatic heterocycles.